The van der Waals surface area contributed by atoms with Crippen LogP contribution in [0.2, 0.25) is 0 Å². The third kappa shape index (κ3) is 2.50. The van der Waals surface area contributed by atoms with Crippen LogP contribution in [0, 0.1) is 0 Å². The van der Waals surface area contributed by atoms with Gasteiger partial charge in [0.1, 0.15) is 5.82 Å². The van der Waals surface area contributed by atoms with Gasteiger partial charge in [-0.15, -0.1) is 0 Å². The van der Waals surface area contributed by atoms with E-state index in [0.29, 0.717) is 0 Å². The Bertz CT molecular complexity index is 673. The lowest BCUT2D eigenvalue weighted by Crippen LogP contribution is -2.32. The molecule has 1 saturated heterocycles. The molecule has 4 rings (SSSR count). The van der Waals surface area contributed by atoms with Gasteiger partial charge in [0, 0.05) is 50.8 Å². The zero-order chi connectivity index (χ0) is 14.9. The van der Waals surface area contributed by atoms with Gasteiger partial charge in [0.25, 0.3) is 0 Å². The Morgan fingerprint density at radius 1 is 1.09 bits per heavy atom. The minimum atomic E-state index is 0.257. The number of pyridine rings is 1. The quantitative estimate of drug-likeness (QED) is 0.890. The predicted octanol–water partition coefficient (Wildman–Crippen LogP) is 0.972. The number of hydrogen-bond acceptors (Lipinski definition) is 6. The monoisotopic (exact) mass is 296 g/mol. The molecule has 1 atom stereocenters. The van der Waals surface area contributed by atoms with Crippen molar-refractivity contribution in [1.82, 2.24) is 15.0 Å². The highest BCUT2D eigenvalue weighted by Gasteiger charge is 2.22. The van der Waals surface area contributed by atoms with Crippen LogP contribution in [0.5, 0.6) is 0 Å². The summed E-state index contributed by atoms with van der Waals surface area (Å²) in [5.41, 5.74) is 8.65. The first-order chi connectivity index (χ1) is 10.8. The molecule has 1 unspecified atom stereocenters. The van der Waals surface area contributed by atoms with Gasteiger partial charge in [-0.05, 0) is 36.1 Å². The zero-order valence-electron chi connectivity index (χ0n) is 12.5. The minimum Gasteiger partial charge on any atom is -0.355 e. The molecule has 6 nitrogen and oxygen atoms in total. The number of nitrogens with two attached hydrogens (primary N) is 1. The van der Waals surface area contributed by atoms with Crippen molar-refractivity contribution >= 4 is 11.8 Å². The molecule has 114 valence electrons. The summed E-state index contributed by atoms with van der Waals surface area (Å²) in [5.74, 6) is 1.79. The summed E-state index contributed by atoms with van der Waals surface area (Å²) in [6.07, 6.45) is 7.69. The first-order valence-electron chi connectivity index (χ1n) is 7.80. The van der Waals surface area contributed by atoms with Crippen molar-refractivity contribution in [3.8, 4) is 0 Å². The van der Waals surface area contributed by atoms with Crippen LogP contribution < -0.4 is 15.5 Å². The Labute approximate surface area is 130 Å². The van der Waals surface area contributed by atoms with Crippen LogP contribution in [0.25, 0.3) is 0 Å². The van der Waals surface area contributed by atoms with E-state index in [9.17, 15) is 0 Å². The largest absolute Gasteiger partial charge is 0.355 e. The molecular weight excluding hydrogens is 276 g/mol. The molecule has 2 N–H and O–H groups in total. The molecule has 22 heavy (non-hydrogen) atoms. The van der Waals surface area contributed by atoms with Gasteiger partial charge >= 0.3 is 0 Å². The maximum absolute atomic E-state index is 6.00. The fourth-order valence-electron chi connectivity index (χ4n) is 3.21. The van der Waals surface area contributed by atoms with E-state index >= 15 is 0 Å². The SMILES string of the molecule is NC1CCN(c2ccnc(N3CCc4cnccc4C3)n2)C1. The molecule has 6 heteroatoms. The molecule has 0 spiro atoms. The van der Waals surface area contributed by atoms with Crippen LogP contribution in [0.1, 0.15) is 17.5 Å². The Morgan fingerprint density at radius 3 is 2.91 bits per heavy atom. The summed E-state index contributed by atoms with van der Waals surface area (Å²) in [6, 6.07) is 4.32. The average Bonchev–Trinajstić information content (AvgIpc) is 3.01. The van der Waals surface area contributed by atoms with E-state index in [2.05, 4.69) is 25.8 Å². The van der Waals surface area contributed by atoms with Gasteiger partial charge in [0.15, 0.2) is 0 Å². The average molecular weight is 296 g/mol. The molecule has 2 aromatic rings. The highest BCUT2D eigenvalue weighted by atomic mass is 15.3. The van der Waals surface area contributed by atoms with Gasteiger partial charge in [-0.1, -0.05) is 0 Å². The van der Waals surface area contributed by atoms with Crippen LogP contribution in [0.3, 0.4) is 0 Å². The fraction of sp³-hybridized carbons (Fsp3) is 0.438. The zero-order valence-corrected chi connectivity index (χ0v) is 12.5. The van der Waals surface area contributed by atoms with E-state index in [0.717, 1.165) is 50.8 Å². The van der Waals surface area contributed by atoms with E-state index in [4.69, 9.17) is 10.7 Å². The van der Waals surface area contributed by atoms with E-state index in [1.54, 1.807) is 0 Å². The molecule has 0 aromatic carbocycles. The van der Waals surface area contributed by atoms with Crippen molar-refractivity contribution in [2.75, 3.05) is 29.4 Å². The van der Waals surface area contributed by atoms with Gasteiger partial charge < -0.3 is 15.5 Å². The highest BCUT2D eigenvalue weighted by molar-refractivity contribution is 5.46. The second-order valence-corrected chi connectivity index (χ2v) is 6.03. The van der Waals surface area contributed by atoms with Crippen LogP contribution in [-0.4, -0.2) is 40.6 Å². The number of aromatic nitrogens is 3. The first-order valence-corrected chi connectivity index (χ1v) is 7.80. The van der Waals surface area contributed by atoms with Crippen molar-refractivity contribution in [1.29, 1.82) is 0 Å². The van der Waals surface area contributed by atoms with Crippen molar-refractivity contribution in [2.45, 2.75) is 25.4 Å². The normalized spacial score (nSPS) is 21.0. The minimum absolute atomic E-state index is 0.257. The number of rotatable bonds is 2. The van der Waals surface area contributed by atoms with E-state index in [-0.39, 0.29) is 6.04 Å². The summed E-state index contributed by atoms with van der Waals surface area (Å²) >= 11 is 0. The van der Waals surface area contributed by atoms with E-state index in [1.807, 2.05) is 24.7 Å². The topological polar surface area (TPSA) is 71.2 Å². The summed E-state index contributed by atoms with van der Waals surface area (Å²) in [4.78, 5) is 17.9. The molecule has 2 aliphatic heterocycles. The van der Waals surface area contributed by atoms with Crippen molar-refractivity contribution in [3.05, 3.63) is 41.9 Å². The molecular formula is C16H20N6. The van der Waals surface area contributed by atoms with Gasteiger partial charge in [0.05, 0.1) is 0 Å². The summed E-state index contributed by atoms with van der Waals surface area (Å²) < 4.78 is 0. The Morgan fingerprint density at radius 2 is 2.05 bits per heavy atom. The maximum atomic E-state index is 6.00. The number of hydrogen-bond donors (Lipinski definition) is 1. The standard InChI is InChI=1S/C16H20N6/c17-14-4-8-21(11-14)15-2-6-19-16(20-15)22-7-3-12-9-18-5-1-13(12)10-22/h1-2,5-6,9,14H,3-4,7-8,10-11,17H2. The van der Waals surface area contributed by atoms with Gasteiger partial charge in [-0.25, -0.2) is 4.98 Å². The third-order valence-corrected chi connectivity index (χ3v) is 4.48. The Balaban J connectivity index is 1.56. The van der Waals surface area contributed by atoms with Gasteiger partial charge in [0.2, 0.25) is 5.95 Å². The van der Waals surface area contributed by atoms with Crippen LogP contribution in [-0.2, 0) is 13.0 Å². The van der Waals surface area contributed by atoms with Crippen molar-refractivity contribution < 1.29 is 0 Å². The van der Waals surface area contributed by atoms with E-state index < -0.39 is 0 Å². The van der Waals surface area contributed by atoms with Gasteiger partial charge in [-0.3, -0.25) is 4.98 Å². The summed E-state index contributed by atoms with van der Waals surface area (Å²) in [6.45, 7) is 3.64. The second kappa shape index (κ2) is 5.53. The van der Waals surface area contributed by atoms with Crippen LogP contribution in [0.4, 0.5) is 11.8 Å². The van der Waals surface area contributed by atoms with Crippen LogP contribution in [0.15, 0.2) is 30.7 Å². The third-order valence-electron chi connectivity index (χ3n) is 4.48. The molecule has 0 radical (unpaired) electrons. The van der Waals surface area contributed by atoms with Crippen molar-refractivity contribution in [3.63, 3.8) is 0 Å². The van der Waals surface area contributed by atoms with E-state index in [1.165, 1.54) is 11.1 Å². The molecule has 2 aliphatic rings. The van der Waals surface area contributed by atoms with Crippen LogP contribution >= 0.6 is 0 Å². The summed E-state index contributed by atoms with van der Waals surface area (Å²) in [7, 11) is 0. The molecule has 2 aromatic heterocycles. The molecule has 0 saturated carbocycles. The Hall–Kier alpha value is -2.21. The predicted molar refractivity (Wildman–Crippen MR) is 85.8 cm³/mol. The fourth-order valence-corrected chi connectivity index (χ4v) is 3.21. The molecule has 4 heterocycles. The summed E-state index contributed by atoms with van der Waals surface area (Å²) in [5, 5.41) is 0. The highest BCUT2D eigenvalue weighted by Crippen LogP contribution is 2.23. The van der Waals surface area contributed by atoms with Crippen molar-refractivity contribution in [2.24, 2.45) is 5.73 Å². The lowest BCUT2D eigenvalue weighted by Gasteiger charge is -2.29. The molecule has 1 fully saturated rings. The number of anilines is 2. The first kappa shape index (κ1) is 13.5. The lowest BCUT2D eigenvalue weighted by molar-refractivity contribution is 0.702. The Kier molecular flexibility index (Phi) is 3.38. The van der Waals surface area contributed by atoms with Gasteiger partial charge in [-0.2, -0.15) is 4.98 Å². The molecule has 0 amide bonds. The molecule has 0 aliphatic carbocycles. The smallest absolute Gasteiger partial charge is 0.227 e. The maximum Gasteiger partial charge on any atom is 0.227 e. The lowest BCUT2D eigenvalue weighted by atomic mass is 10.0. The second-order valence-electron chi connectivity index (χ2n) is 6.03. The number of nitrogens with zero attached hydrogens (tertiary/aromatic N) is 5. The number of fused-ring (bicyclic) bond motifs is 1. The molecule has 0 bridgehead atoms.